The molecule has 0 saturated carbocycles. The van der Waals surface area contributed by atoms with Crippen molar-refractivity contribution in [3.05, 3.63) is 33.9 Å². The number of carbonyl (C=O) groups excluding carboxylic acids is 1. The molecule has 2 unspecified atom stereocenters. The Hall–Kier alpha value is -2.15. The number of nitrogens with one attached hydrogen (secondary N) is 1. The largest absolute Gasteiger partial charge is 0.338 e. The lowest BCUT2D eigenvalue weighted by molar-refractivity contribution is -0.385. The van der Waals surface area contributed by atoms with Crippen LogP contribution in [0, 0.1) is 22.0 Å². The highest BCUT2D eigenvalue weighted by molar-refractivity contribution is 5.99. The van der Waals surface area contributed by atoms with Crippen LogP contribution in [0.1, 0.15) is 24.2 Å². The summed E-state index contributed by atoms with van der Waals surface area (Å²) in [7, 11) is 0. The second-order valence-electron chi connectivity index (χ2n) is 5.30. The van der Waals surface area contributed by atoms with Gasteiger partial charge >= 0.3 is 0 Å². The van der Waals surface area contributed by atoms with Gasteiger partial charge in [-0.25, -0.2) is 0 Å². The summed E-state index contributed by atoms with van der Waals surface area (Å²) in [5.41, 5.74) is 2.76. The van der Waals surface area contributed by atoms with E-state index in [4.69, 9.17) is 5.84 Å². The maximum absolute atomic E-state index is 12.5. The molecule has 2 atom stereocenters. The van der Waals surface area contributed by atoms with Crippen LogP contribution in [0.5, 0.6) is 0 Å². The van der Waals surface area contributed by atoms with Crippen molar-refractivity contribution in [1.29, 1.82) is 0 Å². The molecule has 0 radical (unpaired) electrons. The summed E-state index contributed by atoms with van der Waals surface area (Å²) in [6.45, 7) is 5.39. The third-order valence-electron chi connectivity index (χ3n) is 3.87. The quantitative estimate of drug-likeness (QED) is 0.497. The minimum absolute atomic E-state index is 0.0757. The fourth-order valence-electron chi connectivity index (χ4n) is 2.42. The van der Waals surface area contributed by atoms with Crippen molar-refractivity contribution in [2.45, 2.75) is 13.8 Å². The molecule has 1 aliphatic heterocycles. The Morgan fingerprint density at radius 2 is 2.00 bits per heavy atom. The van der Waals surface area contributed by atoms with Crippen molar-refractivity contribution < 1.29 is 9.72 Å². The minimum atomic E-state index is -0.545. The topological polar surface area (TPSA) is 102 Å². The molecule has 20 heavy (non-hydrogen) atoms. The number of hydrogen-bond acceptors (Lipinski definition) is 5. The lowest BCUT2D eigenvalue weighted by atomic mass is 10.0. The van der Waals surface area contributed by atoms with Crippen LogP contribution in [0.15, 0.2) is 18.2 Å². The SMILES string of the molecule is CC1CN(C(=O)c2cc(NN)ccc2[N+](=O)[O-])CC1C. The third kappa shape index (κ3) is 2.57. The lowest BCUT2D eigenvalue weighted by Crippen LogP contribution is -2.29. The van der Waals surface area contributed by atoms with Crippen molar-refractivity contribution in [1.82, 2.24) is 4.90 Å². The van der Waals surface area contributed by atoms with Crippen molar-refractivity contribution in [3.63, 3.8) is 0 Å². The number of likely N-dealkylation sites (tertiary alicyclic amines) is 1. The summed E-state index contributed by atoms with van der Waals surface area (Å²) in [6.07, 6.45) is 0. The molecule has 1 fully saturated rings. The van der Waals surface area contributed by atoms with E-state index in [1.54, 1.807) is 4.90 Å². The van der Waals surface area contributed by atoms with E-state index >= 15 is 0 Å². The molecule has 2 rings (SSSR count). The first kappa shape index (κ1) is 14.3. The van der Waals surface area contributed by atoms with Crippen LogP contribution in [0.4, 0.5) is 11.4 Å². The van der Waals surface area contributed by atoms with Gasteiger partial charge in [-0.15, -0.1) is 0 Å². The monoisotopic (exact) mass is 278 g/mol. The van der Waals surface area contributed by atoms with E-state index in [1.807, 2.05) is 0 Å². The van der Waals surface area contributed by atoms with E-state index in [0.29, 0.717) is 30.6 Å². The summed E-state index contributed by atoms with van der Waals surface area (Å²) < 4.78 is 0. The van der Waals surface area contributed by atoms with E-state index < -0.39 is 4.92 Å². The highest BCUT2D eigenvalue weighted by Gasteiger charge is 2.32. The van der Waals surface area contributed by atoms with Crippen molar-refractivity contribution in [2.75, 3.05) is 18.5 Å². The molecule has 7 heteroatoms. The predicted octanol–water partition coefficient (Wildman–Crippen LogP) is 1.61. The molecule has 1 amide bonds. The number of hydrogen-bond donors (Lipinski definition) is 2. The van der Waals surface area contributed by atoms with Crippen LogP contribution in [0.25, 0.3) is 0 Å². The number of benzene rings is 1. The van der Waals surface area contributed by atoms with Gasteiger partial charge in [-0.1, -0.05) is 13.8 Å². The number of nitro groups is 1. The van der Waals surface area contributed by atoms with Crippen LogP contribution in [0.2, 0.25) is 0 Å². The Labute approximate surface area is 116 Å². The number of rotatable bonds is 3. The Morgan fingerprint density at radius 1 is 1.40 bits per heavy atom. The van der Waals surface area contributed by atoms with Gasteiger partial charge in [0.05, 0.1) is 4.92 Å². The number of carbonyl (C=O) groups is 1. The lowest BCUT2D eigenvalue weighted by Gasteiger charge is -2.16. The number of nitrogens with zero attached hydrogens (tertiary/aromatic N) is 2. The zero-order valence-electron chi connectivity index (χ0n) is 11.5. The molecule has 0 aliphatic carbocycles. The number of nitrogens with two attached hydrogens (primary N) is 1. The van der Waals surface area contributed by atoms with Crippen LogP contribution in [-0.4, -0.2) is 28.8 Å². The van der Waals surface area contributed by atoms with Gasteiger partial charge in [-0.05, 0) is 24.0 Å². The van der Waals surface area contributed by atoms with Gasteiger partial charge in [-0.3, -0.25) is 20.8 Å². The van der Waals surface area contributed by atoms with E-state index in [0.717, 1.165) is 0 Å². The summed E-state index contributed by atoms with van der Waals surface area (Å²) in [4.78, 5) is 24.7. The summed E-state index contributed by atoms with van der Waals surface area (Å²) in [5.74, 6) is 5.78. The summed E-state index contributed by atoms with van der Waals surface area (Å²) in [5, 5.41) is 11.1. The standard InChI is InChI=1S/C13H18N4O3/c1-8-6-16(7-9(8)2)13(18)11-5-10(15-14)3-4-12(11)17(19)20/h3-5,8-9,15H,6-7,14H2,1-2H3. The van der Waals surface area contributed by atoms with Crippen LogP contribution in [-0.2, 0) is 0 Å². The summed E-state index contributed by atoms with van der Waals surface area (Å²) >= 11 is 0. The van der Waals surface area contributed by atoms with E-state index in [1.165, 1.54) is 18.2 Å². The van der Waals surface area contributed by atoms with Gasteiger partial charge in [0, 0.05) is 24.8 Å². The first-order valence-corrected chi connectivity index (χ1v) is 6.48. The molecule has 0 aromatic heterocycles. The second kappa shape index (κ2) is 5.46. The third-order valence-corrected chi connectivity index (χ3v) is 3.87. The first-order chi connectivity index (χ1) is 9.43. The second-order valence-corrected chi connectivity index (χ2v) is 5.30. The van der Waals surface area contributed by atoms with E-state index in [2.05, 4.69) is 19.3 Å². The highest BCUT2D eigenvalue weighted by atomic mass is 16.6. The van der Waals surface area contributed by atoms with Gasteiger partial charge in [-0.2, -0.15) is 0 Å². The number of amides is 1. The number of nitrogen functional groups attached to an aromatic ring is 1. The Kier molecular flexibility index (Phi) is 3.89. The molecule has 1 aromatic carbocycles. The summed E-state index contributed by atoms with van der Waals surface area (Å²) in [6, 6.07) is 4.20. The first-order valence-electron chi connectivity index (χ1n) is 6.48. The maximum Gasteiger partial charge on any atom is 0.282 e. The van der Waals surface area contributed by atoms with Gasteiger partial charge in [0.2, 0.25) is 0 Å². The molecular weight excluding hydrogens is 260 g/mol. The molecule has 108 valence electrons. The van der Waals surface area contributed by atoms with Crippen LogP contribution in [0.3, 0.4) is 0 Å². The normalized spacial score (nSPS) is 21.9. The maximum atomic E-state index is 12.5. The van der Waals surface area contributed by atoms with Gasteiger partial charge in [0.25, 0.3) is 11.6 Å². The minimum Gasteiger partial charge on any atom is -0.338 e. The average Bonchev–Trinajstić information content (AvgIpc) is 2.77. The van der Waals surface area contributed by atoms with Gasteiger partial charge in [0.15, 0.2) is 0 Å². The zero-order chi connectivity index (χ0) is 14.9. The predicted molar refractivity (Wildman–Crippen MR) is 75.1 cm³/mol. The molecule has 1 heterocycles. The van der Waals surface area contributed by atoms with Crippen molar-refractivity contribution >= 4 is 17.3 Å². The van der Waals surface area contributed by atoms with Crippen LogP contribution < -0.4 is 11.3 Å². The molecule has 1 aromatic rings. The van der Waals surface area contributed by atoms with Gasteiger partial charge in [0.1, 0.15) is 5.56 Å². The molecule has 0 spiro atoms. The molecule has 7 nitrogen and oxygen atoms in total. The smallest absolute Gasteiger partial charge is 0.282 e. The average molecular weight is 278 g/mol. The number of nitro benzene ring substituents is 1. The molecule has 1 aliphatic rings. The van der Waals surface area contributed by atoms with Crippen molar-refractivity contribution in [2.24, 2.45) is 17.7 Å². The fraction of sp³-hybridized carbons (Fsp3) is 0.462. The Morgan fingerprint density at radius 3 is 2.50 bits per heavy atom. The van der Waals surface area contributed by atoms with E-state index in [9.17, 15) is 14.9 Å². The van der Waals surface area contributed by atoms with Gasteiger partial charge < -0.3 is 10.3 Å². The Balaban J connectivity index is 2.35. The zero-order valence-corrected chi connectivity index (χ0v) is 11.5. The molecular formula is C13H18N4O3. The van der Waals surface area contributed by atoms with Crippen LogP contribution >= 0.6 is 0 Å². The van der Waals surface area contributed by atoms with Crippen molar-refractivity contribution in [3.8, 4) is 0 Å². The number of hydrazine groups is 1. The Bertz CT molecular complexity index is 536. The number of anilines is 1. The van der Waals surface area contributed by atoms with E-state index in [-0.39, 0.29) is 17.2 Å². The molecule has 0 bridgehead atoms. The highest BCUT2D eigenvalue weighted by Crippen LogP contribution is 2.28. The molecule has 1 saturated heterocycles. The fourth-order valence-corrected chi connectivity index (χ4v) is 2.42. The molecule has 3 N–H and O–H groups in total.